The lowest BCUT2D eigenvalue weighted by molar-refractivity contribution is -0.142. The smallest absolute Gasteiger partial charge is 0.319 e. The Morgan fingerprint density at radius 3 is 2.73 bits per heavy atom. The van der Waals surface area contributed by atoms with E-state index < -0.39 is 0 Å². The molecule has 1 aliphatic carbocycles. The standard InChI is InChI=1S/C12H23NO2/c1-2-3-6-9-15-12(14)10-13-11-7-4-5-8-11/h11,13H,2-10H2,1H3. The van der Waals surface area contributed by atoms with Crippen LogP contribution in [-0.4, -0.2) is 25.2 Å². The third-order valence-corrected chi connectivity index (χ3v) is 2.90. The highest BCUT2D eigenvalue weighted by Crippen LogP contribution is 2.17. The summed E-state index contributed by atoms with van der Waals surface area (Å²) in [7, 11) is 0. The highest BCUT2D eigenvalue weighted by molar-refractivity contribution is 5.71. The van der Waals surface area contributed by atoms with Crippen LogP contribution in [0.4, 0.5) is 0 Å². The molecule has 3 nitrogen and oxygen atoms in total. The van der Waals surface area contributed by atoms with Crippen molar-refractivity contribution in [1.82, 2.24) is 5.32 Å². The molecule has 1 aliphatic rings. The summed E-state index contributed by atoms with van der Waals surface area (Å²) in [4.78, 5) is 11.3. The molecule has 0 atom stereocenters. The molecule has 0 bridgehead atoms. The van der Waals surface area contributed by atoms with Gasteiger partial charge in [0, 0.05) is 6.04 Å². The van der Waals surface area contributed by atoms with Gasteiger partial charge in [0.15, 0.2) is 0 Å². The van der Waals surface area contributed by atoms with Crippen molar-refractivity contribution in [1.29, 1.82) is 0 Å². The molecule has 0 radical (unpaired) electrons. The van der Waals surface area contributed by atoms with Crippen molar-refractivity contribution in [3.63, 3.8) is 0 Å². The predicted molar refractivity (Wildman–Crippen MR) is 60.7 cm³/mol. The van der Waals surface area contributed by atoms with Gasteiger partial charge in [0.1, 0.15) is 0 Å². The van der Waals surface area contributed by atoms with Gasteiger partial charge in [0.25, 0.3) is 0 Å². The van der Waals surface area contributed by atoms with Gasteiger partial charge in [0.2, 0.25) is 0 Å². The fourth-order valence-corrected chi connectivity index (χ4v) is 1.95. The number of carbonyl (C=O) groups is 1. The zero-order valence-electron chi connectivity index (χ0n) is 9.76. The predicted octanol–water partition coefficient (Wildman–Crippen LogP) is 2.25. The van der Waals surface area contributed by atoms with E-state index in [0.29, 0.717) is 19.2 Å². The van der Waals surface area contributed by atoms with Crippen molar-refractivity contribution in [3.05, 3.63) is 0 Å². The van der Waals surface area contributed by atoms with Crippen LogP contribution in [0.25, 0.3) is 0 Å². The SMILES string of the molecule is CCCCCOC(=O)CNC1CCCC1. The van der Waals surface area contributed by atoms with Gasteiger partial charge < -0.3 is 10.1 Å². The molecule has 1 N–H and O–H groups in total. The van der Waals surface area contributed by atoms with Crippen LogP contribution in [0.15, 0.2) is 0 Å². The molecule has 15 heavy (non-hydrogen) atoms. The Balaban J connectivity index is 1.93. The van der Waals surface area contributed by atoms with Crippen LogP contribution >= 0.6 is 0 Å². The Kier molecular flexibility index (Phi) is 6.41. The molecule has 88 valence electrons. The highest BCUT2D eigenvalue weighted by Gasteiger charge is 2.15. The van der Waals surface area contributed by atoms with E-state index in [1.807, 2.05) is 0 Å². The van der Waals surface area contributed by atoms with Crippen molar-refractivity contribution in [2.45, 2.75) is 57.9 Å². The van der Waals surface area contributed by atoms with Gasteiger partial charge in [-0.25, -0.2) is 0 Å². The van der Waals surface area contributed by atoms with Gasteiger partial charge in [-0.05, 0) is 19.3 Å². The Morgan fingerprint density at radius 1 is 1.33 bits per heavy atom. The molecule has 1 saturated carbocycles. The van der Waals surface area contributed by atoms with Crippen molar-refractivity contribution in [2.75, 3.05) is 13.2 Å². The fourth-order valence-electron chi connectivity index (χ4n) is 1.95. The lowest BCUT2D eigenvalue weighted by atomic mass is 10.2. The van der Waals surface area contributed by atoms with E-state index in [1.54, 1.807) is 0 Å². The Hall–Kier alpha value is -0.570. The monoisotopic (exact) mass is 213 g/mol. The zero-order valence-corrected chi connectivity index (χ0v) is 9.76. The van der Waals surface area contributed by atoms with Crippen LogP contribution < -0.4 is 5.32 Å². The zero-order chi connectivity index (χ0) is 10.9. The molecule has 0 saturated heterocycles. The second kappa shape index (κ2) is 7.69. The first-order valence-electron chi connectivity index (χ1n) is 6.22. The van der Waals surface area contributed by atoms with E-state index in [9.17, 15) is 4.79 Å². The average molecular weight is 213 g/mol. The summed E-state index contributed by atoms with van der Waals surface area (Å²) in [5.74, 6) is -0.0991. The highest BCUT2D eigenvalue weighted by atomic mass is 16.5. The largest absolute Gasteiger partial charge is 0.465 e. The van der Waals surface area contributed by atoms with Crippen LogP contribution in [0.3, 0.4) is 0 Å². The summed E-state index contributed by atoms with van der Waals surface area (Å²) in [6.45, 7) is 3.11. The summed E-state index contributed by atoms with van der Waals surface area (Å²) >= 11 is 0. The third-order valence-electron chi connectivity index (χ3n) is 2.90. The summed E-state index contributed by atoms with van der Waals surface area (Å²) in [6, 6.07) is 0.549. The molecule has 3 heteroatoms. The molecule has 0 spiro atoms. The summed E-state index contributed by atoms with van der Waals surface area (Å²) < 4.78 is 5.10. The molecule has 0 aromatic rings. The van der Waals surface area contributed by atoms with Crippen LogP contribution in [-0.2, 0) is 9.53 Å². The first kappa shape index (κ1) is 12.5. The average Bonchev–Trinajstić information content (AvgIpc) is 2.74. The van der Waals surface area contributed by atoms with E-state index in [-0.39, 0.29) is 5.97 Å². The number of carbonyl (C=O) groups excluding carboxylic acids is 1. The normalized spacial score (nSPS) is 16.9. The first-order chi connectivity index (χ1) is 7.33. The number of esters is 1. The third kappa shape index (κ3) is 5.78. The number of nitrogens with one attached hydrogen (secondary N) is 1. The Morgan fingerprint density at radius 2 is 2.07 bits per heavy atom. The summed E-state index contributed by atoms with van der Waals surface area (Å²) in [6.07, 6.45) is 8.31. The van der Waals surface area contributed by atoms with Gasteiger partial charge in [-0.15, -0.1) is 0 Å². The molecule has 0 amide bonds. The number of hydrogen-bond donors (Lipinski definition) is 1. The molecule has 1 fully saturated rings. The lowest BCUT2D eigenvalue weighted by Gasteiger charge is -2.11. The van der Waals surface area contributed by atoms with E-state index >= 15 is 0 Å². The summed E-state index contributed by atoms with van der Waals surface area (Å²) in [5, 5.41) is 3.25. The Bertz CT molecular complexity index is 176. The quantitative estimate of drug-likeness (QED) is 0.520. The van der Waals surface area contributed by atoms with Gasteiger partial charge in [-0.2, -0.15) is 0 Å². The molecule has 0 unspecified atom stereocenters. The van der Waals surface area contributed by atoms with E-state index in [0.717, 1.165) is 19.3 Å². The van der Waals surface area contributed by atoms with Crippen LogP contribution in [0, 0.1) is 0 Å². The summed E-state index contributed by atoms with van der Waals surface area (Å²) in [5.41, 5.74) is 0. The van der Waals surface area contributed by atoms with Crippen LogP contribution in [0.1, 0.15) is 51.9 Å². The van der Waals surface area contributed by atoms with Gasteiger partial charge in [0.05, 0.1) is 13.2 Å². The number of ether oxygens (including phenoxy) is 1. The van der Waals surface area contributed by atoms with Crippen molar-refractivity contribution >= 4 is 5.97 Å². The molecule has 0 aromatic heterocycles. The van der Waals surface area contributed by atoms with E-state index in [1.165, 1.54) is 25.7 Å². The minimum atomic E-state index is -0.0991. The van der Waals surface area contributed by atoms with Crippen molar-refractivity contribution in [3.8, 4) is 0 Å². The van der Waals surface area contributed by atoms with Crippen molar-refractivity contribution < 1.29 is 9.53 Å². The second-order valence-electron chi connectivity index (χ2n) is 4.29. The topological polar surface area (TPSA) is 38.3 Å². The minimum absolute atomic E-state index is 0.0991. The maximum Gasteiger partial charge on any atom is 0.319 e. The second-order valence-corrected chi connectivity index (χ2v) is 4.29. The van der Waals surface area contributed by atoms with Crippen LogP contribution in [0.2, 0.25) is 0 Å². The maximum absolute atomic E-state index is 11.3. The number of rotatable bonds is 7. The minimum Gasteiger partial charge on any atom is -0.465 e. The number of unbranched alkanes of at least 4 members (excludes halogenated alkanes) is 2. The van der Waals surface area contributed by atoms with E-state index in [4.69, 9.17) is 4.74 Å². The van der Waals surface area contributed by atoms with Crippen LogP contribution in [0.5, 0.6) is 0 Å². The fraction of sp³-hybridized carbons (Fsp3) is 0.917. The van der Waals surface area contributed by atoms with E-state index in [2.05, 4.69) is 12.2 Å². The lowest BCUT2D eigenvalue weighted by Crippen LogP contribution is -2.32. The Labute approximate surface area is 92.6 Å². The van der Waals surface area contributed by atoms with Gasteiger partial charge >= 0.3 is 5.97 Å². The number of hydrogen-bond acceptors (Lipinski definition) is 3. The molecular weight excluding hydrogens is 190 g/mol. The maximum atomic E-state index is 11.3. The van der Waals surface area contributed by atoms with Gasteiger partial charge in [-0.3, -0.25) is 4.79 Å². The molecular formula is C12H23NO2. The molecule has 0 aromatic carbocycles. The van der Waals surface area contributed by atoms with Gasteiger partial charge in [-0.1, -0.05) is 32.6 Å². The molecule has 0 aliphatic heterocycles. The van der Waals surface area contributed by atoms with Crippen molar-refractivity contribution in [2.24, 2.45) is 0 Å². The first-order valence-corrected chi connectivity index (χ1v) is 6.22. The molecule has 0 heterocycles. The molecule has 1 rings (SSSR count).